The number of rotatable bonds is 14. The lowest BCUT2D eigenvalue weighted by Gasteiger charge is -2.43. The molecule has 2 unspecified atom stereocenters. The SMILES string of the molecule is CC(C)Cc1ccc(C(C)CN2CCN(CCCCC3CNCCN3CCc3cc(C(F)(F)F)cc(C(F)(F)F)c3)C[C@@H]2c2ccccc2)cc1. The second-order valence-electron chi connectivity index (χ2n) is 15.0. The van der Waals surface area contributed by atoms with Crippen molar-refractivity contribution < 1.29 is 26.3 Å². The lowest BCUT2D eigenvalue weighted by Crippen LogP contribution is -2.51. The molecule has 1 N–H and O–H groups in total. The Balaban J connectivity index is 1.13. The van der Waals surface area contributed by atoms with Crippen LogP contribution in [0.15, 0.2) is 72.8 Å². The number of nitrogens with one attached hydrogen (secondary N) is 1. The number of benzene rings is 3. The number of hydrogen-bond donors (Lipinski definition) is 1. The van der Waals surface area contributed by atoms with E-state index < -0.39 is 23.5 Å². The zero-order valence-electron chi connectivity index (χ0n) is 30.2. The summed E-state index contributed by atoms with van der Waals surface area (Å²) in [4.78, 5) is 7.45. The van der Waals surface area contributed by atoms with Crippen LogP contribution in [0.1, 0.15) is 85.4 Å². The van der Waals surface area contributed by atoms with E-state index in [1.807, 2.05) is 0 Å². The van der Waals surface area contributed by atoms with Gasteiger partial charge in [0.15, 0.2) is 0 Å². The van der Waals surface area contributed by atoms with E-state index in [0.717, 1.165) is 90.2 Å². The number of unbranched alkanes of at least 4 members (excludes halogenated alkanes) is 1. The van der Waals surface area contributed by atoms with Gasteiger partial charge in [0.2, 0.25) is 0 Å². The Labute approximate surface area is 300 Å². The van der Waals surface area contributed by atoms with Crippen LogP contribution in [-0.4, -0.2) is 79.6 Å². The second kappa shape index (κ2) is 17.7. The van der Waals surface area contributed by atoms with Gasteiger partial charge >= 0.3 is 12.4 Å². The number of piperazine rings is 2. The van der Waals surface area contributed by atoms with Crippen molar-refractivity contribution in [1.29, 1.82) is 0 Å². The molecule has 2 fully saturated rings. The van der Waals surface area contributed by atoms with Crippen molar-refractivity contribution in [1.82, 2.24) is 20.0 Å². The van der Waals surface area contributed by atoms with E-state index in [0.29, 0.717) is 24.4 Å². The zero-order chi connectivity index (χ0) is 36.6. The molecule has 51 heavy (non-hydrogen) atoms. The minimum atomic E-state index is -4.83. The molecule has 5 rings (SSSR count). The zero-order valence-corrected chi connectivity index (χ0v) is 30.2. The average Bonchev–Trinajstić information content (AvgIpc) is 3.09. The smallest absolute Gasteiger partial charge is 0.314 e. The molecule has 10 heteroatoms. The third kappa shape index (κ3) is 11.5. The molecule has 3 aromatic rings. The van der Waals surface area contributed by atoms with E-state index in [-0.39, 0.29) is 24.1 Å². The van der Waals surface area contributed by atoms with E-state index in [4.69, 9.17) is 0 Å². The summed E-state index contributed by atoms with van der Waals surface area (Å²) in [5.74, 6) is 1.06. The van der Waals surface area contributed by atoms with Crippen LogP contribution in [0.5, 0.6) is 0 Å². The van der Waals surface area contributed by atoms with Crippen LogP contribution in [0, 0.1) is 5.92 Å². The van der Waals surface area contributed by atoms with Crippen molar-refractivity contribution in [3.05, 3.63) is 106 Å². The molecule has 0 amide bonds. The molecule has 2 aliphatic heterocycles. The van der Waals surface area contributed by atoms with Gasteiger partial charge < -0.3 is 10.2 Å². The van der Waals surface area contributed by atoms with E-state index in [2.05, 4.69) is 95.4 Å². The third-order valence-corrected chi connectivity index (χ3v) is 10.5. The van der Waals surface area contributed by atoms with Gasteiger partial charge in [0.1, 0.15) is 0 Å². The normalized spacial score (nSPS) is 20.6. The highest BCUT2D eigenvalue weighted by atomic mass is 19.4. The van der Waals surface area contributed by atoms with Gasteiger partial charge in [-0.25, -0.2) is 0 Å². The maximum atomic E-state index is 13.4. The molecule has 3 atom stereocenters. The van der Waals surface area contributed by atoms with Gasteiger partial charge in [-0.2, -0.15) is 26.3 Å². The fourth-order valence-electron chi connectivity index (χ4n) is 7.73. The Hall–Kier alpha value is -2.92. The minimum Gasteiger partial charge on any atom is -0.314 e. The van der Waals surface area contributed by atoms with Gasteiger partial charge in [0, 0.05) is 64.4 Å². The predicted octanol–water partition coefficient (Wildman–Crippen LogP) is 9.07. The molecule has 3 aromatic carbocycles. The van der Waals surface area contributed by atoms with Crippen LogP contribution in [0.4, 0.5) is 26.3 Å². The summed E-state index contributed by atoms with van der Waals surface area (Å²) in [6.45, 7) is 14.5. The molecule has 0 saturated carbocycles. The first-order valence-corrected chi connectivity index (χ1v) is 18.6. The Bertz CT molecular complexity index is 1460. The monoisotopic (exact) mass is 716 g/mol. The van der Waals surface area contributed by atoms with Crippen LogP contribution >= 0.6 is 0 Å². The largest absolute Gasteiger partial charge is 0.416 e. The van der Waals surface area contributed by atoms with Crippen molar-refractivity contribution in [3.8, 4) is 0 Å². The van der Waals surface area contributed by atoms with E-state index >= 15 is 0 Å². The van der Waals surface area contributed by atoms with Gasteiger partial charge in [0.25, 0.3) is 0 Å². The summed E-state index contributed by atoms with van der Waals surface area (Å²) in [5.41, 5.74) is 1.68. The number of hydrogen-bond acceptors (Lipinski definition) is 4. The van der Waals surface area contributed by atoms with Crippen molar-refractivity contribution in [3.63, 3.8) is 0 Å². The molecular formula is C41H54F6N4. The first-order chi connectivity index (χ1) is 24.3. The summed E-state index contributed by atoms with van der Waals surface area (Å²) >= 11 is 0. The Morgan fingerprint density at radius 1 is 0.745 bits per heavy atom. The Kier molecular flexibility index (Phi) is 13.7. The Morgan fingerprint density at radius 3 is 2.08 bits per heavy atom. The van der Waals surface area contributed by atoms with Gasteiger partial charge in [-0.05, 0) is 84.5 Å². The second-order valence-corrected chi connectivity index (χ2v) is 15.0. The van der Waals surface area contributed by atoms with Crippen LogP contribution < -0.4 is 5.32 Å². The summed E-state index contributed by atoms with van der Waals surface area (Å²) in [5, 5.41) is 3.42. The molecule has 2 heterocycles. The quantitative estimate of drug-likeness (QED) is 0.133. The van der Waals surface area contributed by atoms with Crippen LogP contribution in [-0.2, 0) is 25.2 Å². The van der Waals surface area contributed by atoms with E-state index in [9.17, 15) is 26.3 Å². The van der Waals surface area contributed by atoms with Gasteiger partial charge in [0.05, 0.1) is 11.1 Å². The molecule has 2 saturated heterocycles. The molecule has 0 bridgehead atoms. The highest BCUT2D eigenvalue weighted by molar-refractivity contribution is 5.34. The van der Waals surface area contributed by atoms with E-state index in [1.165, 1.54) is 16.7 Å². The summed E-state index contributed by atoms with van der Waals surface area (Å²) in [6.07, 6.45) is -5.46. The van der Waals surface area contributed by atoms with Crippen LogP contribution in [0.25, 0.3) is 0 Å². The van der Waals surface area contributed by atoms with E-state index in [1.54, 1.807) is 0 Å². The van der Waals surface area contributed by atoms with Crippen LogP contribution in [0.3, 0.4) is 0 Å². The van der Waals surface area contributed by atoms with Crippen molar-refractivity contribution in [2.75, 3.05) is 58.9 Å². The Morgan fingerprint density at radius 2 is 1.43 bits per heavy atom. The fourth-order valence-corrected chi connectivity index (χ4v) is 7.73. The van der Waals surface area contributed by atoms with Crippen molar-refractivity contribution in [2.45, 2.75) is 83.2 Å². The number of nitrogens with zero attached hydrogens (tertiary/aromatic N) is 3. The average molecular weight is 717 g/mol. The first kappa shape index (κ1) is 39.3. The summed E-state index contributed by atoms with van der Waals surface area (Å²) in [6, 6.07) is 22.4. The molecule has 4 nitrogen and oxygen atoms in total. The maximum Gasteiger partial charge on any atom is 0.416 e. The molecular weight excluding hydrogens is 662 g/mol. The standard InChI is InChI=1S/C41H54F6N4/c1-30(2)23-32-12-14-34(15-13-32)31(3)28-51-22-21-49(29-39(51)35-9-5-4-6-10-35)18-8-7-11-38-27-48-17-20-50(38)19-16-33-24-36(40(42,43)44)26-37(25-33)41(45,46)47/h4-6,9-10,12-15,24-26,30-31,38-39,48H,7-8,11,16-23,27-29H2,1-3H3/t31?,38?,39-/m1/s1. The first-order valence-electron chi connectivity index (χ1n) is 18.6. The maximum absolute atomic E-state index is 13.4. The molecule has 280 valence electrons. The lowest BCUT2D eigenvalue weighted by molar-refractivity contribution is -0.143. The van der Waals surface area contributed by atoms with Crippen molar-refractivity contribution in [2.24, 2.45) is 5.92 Å². The summed E-state index contributed by atoms with van der Waals surface area (Å²) in [7, 11) is 0. The minimum absolute atomic E-state index is 0.0653. The molecule has 2 aliphatic rings. The fraction of sp³-hybridized carbons (Fsp3) is 0.561. The molecule has 0 aliphatic carbocycles. The number of halogens is 6. The number of alkyl halides is 6. The topological polar surface area (TPSA) is 21.8 Å². The summed E-state index contributed by atoms with van der Waals surface area (Å²) < 4.78 is 80.3. The van der Waals surface area contributed by atoms with Gasteiger partial charge in [-0.3, -0.25) is 9.80 Å². The van der Waals surface area contributed by atoms with Gasteiger partial charge in [-0.15, -0.1) is 0 Å². The molecule has 0 radical (unpaired) electrons. The molecule has 0 aromatic heterocycles. The third-order valence-electron chi connectivity index (χ3n) is 10.5. The predicted molar refractivity (Wildman–Crippen MR) is 193 cm³/mol. The highest BCUT2D eigenvalue weighted by Gasteiger charge is 2.37. The van der Waals surface area contributed by atoms with Gasteiger partial charge in [-0.1, -0.05) is 81.8 Å². The highest BCUT2D eigenvalue weighted by Crippen LogP contribution is 2.36. The lowest BCUT2D eigenvalue weighted by atomic mass is 9.94. The van der Waals surface area contributed by atoms with Crippen LogP contribution in [0.2, 0.25) is 0 Å². The molecule has 0 spiro atoms. The van der Waals surface area contributed by atoms with Crippen molar-refractivity contribution >= 4 is 0 Å².